The van der Waals surface area contributed by atoms with Crippen molar-refractivity contribution in [1.82, 2.24) is 4.90 Å². The Bertz CT molecular complexity index is 542. The van der Waals surface area contributed by atoms with Crippen molar-refractivity contribution in [2.75, 3.05) is 18.9 Å². The van der Waals surface area contributed by atoms with Gasteiger partial charge in [-0.1, -0.05) is 0 Å². The molecule has 0 aliphatic rings. The van der Waals surface area contributed by atoms with Crippen molar-refractivity contribution in [3.63, 3.8) is 0 Å². The highest BCUT2D eigenvalue weighted by molar-refractivity contribution is 5.91. The Morgan fingerprint density at radius 3 is 2.43 bits per heavy atom. The van der Waals surface area contributed by atoms with Crippen molar-refractivity contribution < 1.29 is 23.1 Å². The predicted molar refractivity (Wildman–Crippen MR) is 73.9 cm³/mol. The number of amides is 2. The molecule has 7 heteroatoms. The molecule has 1 N–H and O–H groups in total. The van der Waals surface area contributed by atoms with E-state index in [0.29, 0.717) is 6.07 Å². The number of halogens is 2. The van der Waals surface area contributed by atoms with E-state index in [9.17, 15) is 18.4 Å². The average molecular weight is 300 g/mol. The minimum Gasteiger partial charge on any atom is -0.459 e. The molecule has 0 saturated carbocycles. The molecule has 0 spiro atoms. The molecule has 2 amide bonds. The van der Waals surface area contributed by atoms with Crippen LogP contribution in [-0.4, -0.2) is 36.1 Å². The third kappa shape index (κ3) is 5.76. The van der Waals surface area contributed by atoms with Gasteiger partial charge in [0.1, 0.15) is 23.8 Å². The summed E-state index contributed by atoms with van der Waals surface area (Å²) in [5.74, 6) is -2.22. The average Bonchev–Trinajstić information content (AvgIpc) is 2.29. The number of nitrogens with one attached hydrogen (secondary N) is 1. The lowest BCUT2D eigenvalue weighted by Gasteiger charge is -2.22. The second-order valence-corrected chi connectivity index (χ2v) is 5.50. The zero-order valence-corrected chi connectivity index (χ0v) is 12.4. The first-order valence-electron chi connectivity index (χ1n) is 6.27. The molecule has 0 unspecified atom stereocenters. The lowest BCUT2D eigenvalue weighted by atomic mass is 10.2. The van der Waals surface area contributed by atoms with Gasteiger partial charge in [0.2, 0.25) is 0 Å². The summed E-state index contributed by atoms with van der Waals surface area (Å²) in [5, 5.41) is 2.24. The summed E-state index contributed by atoms with van der Waals surface area (Å²) in [4.78, 5) is 24.4. The number of rotatable bonds is 3. The molecule has 21 heavy (non-hydrogen) atoms. The number of benzene rings is 1. The van der Waals surface area contributed by atoms with E-state index in [2.05, 4.69) is 5.32 Å². The Morgan fingerprint density at radius 1 is 1.29 bits per heavy atom. The minimum atomic E-state index is -0.894. The number of esters is 1. The molecule has 0 saturated heterocycles. The summed E-state index contributed by atoms with van der Waals surface area (Å²) in [5.41, 5.74) is -0.824. The third-order valence-corrected chi connectivity index (χ3v) is 2.31. The van der Waals surface area contributed by atoms with Crippen LogP contribution in [0.3, 0.4) is 0 Å². The van der Waals surface area contributed by atoms with E-state index >= 15 is 0 Å². The van der Waals surface area contributed by atoms with Gasteiger partial charge in [-0.15, -0.1) is 0 Å². The highest BCUT2D eigenvalue weighted by atomic mass is 19.1. The number of nitrogens with zero attached hydrogens (tertiary/aromatic N) is 1. The highest BCUT2D eigenvalue weighted by Gasteiger charge is 2.20. The Balaban J connectivity index is 2.61. The van der Waals surface area contributed by atoms with Gasteiger partial charge in [-0.3, -0.25) is 4.79 Å². The number of likely N-dealkylation sites (N-methyl/N-ethyl adjacent to an activating group) is 1. The molecular weight excluding hydrogens is 282 g/mol. The zero-order chi connectivity index (χ0) is 16.2. The normalized spacial score (nSPS) is 11.0. The summed E-state index contributed by atoms with van der Waals surface area (Å²) in [6, 6.07) is 2.08. The number of carbonyl (C=O) groups excluding carboxylic acids is 2. The summed E-state index contributed by atoms with van der Waals surface area (Å²) >= 11 is 0. The molecule has 0 radical (unpaired) electrons. The molecule has 5 nitrogen and oxygen atoms in total. The standard InChI is InChI=1S/C14H18F2N2O3/c1-14(2,3)21-12(19)8-18(4)13(20)17-11-6-5-9(15)7-10(11)16/h5-7H,8H2,1-4H3,(H,17,20). The Labute approximate surface area is 121 Å². The van der Waals surface area contributed by atoms with E-state index in [1.54, 1.807) is 20.8 Å². The van der Waals surface area contributed by atoms with Crippen molar-refractivity contribution in [1.29, 1.82) is 0 Å². The molecular formula is C14H18F2N2O3. The molecule has 0 bridgehead atoms. The first kappa shape index (κ1) is 16.9. The molecule has 0 atom stereocenters. The van der Waals surface area contributed by atoms with Gasteiger partial charge >= 0.3 is 12.0 Å². The molecule has 0 aliphatic heterocycles. The minimum absolute atomic E-state index is 0.169. The van der Waals surface area contributed by atoms with Crippen LogP contribution in [0.1, 0.15) is 20.8 Å². The van der Waals surface area contributed by atoms with E-state index in [1.165, 1.54) is 7.05 Å². The molecule has 0 fully saturated rings. The Morgan fingerprint density at radius 2 is 1.90 bits per heavy atom. The smallest absolute Gasteiger partial charge is 0.326 e. The topological polar surface area (TPSA) is 58.6 Å². The summed E-state index contributed by atoms with van der Waals surface area (Å²) in [6.07, 6.45) is 0. The zero-order valence-electron chi connectivity index (χ0n) is 12.4. The Hall–Kier alpha value is -2.18. The van der Waals surface area contributed by atoms with Gasteiger partial charge in [-0.25, -0.2) is 13.6 Å². The van der Waals surface area contributed by atoms with Crippen LogP contribution in [0, 0.1) is 11.6 Å². The second kappa shape index (κ2) is 6.51. The SMILES string of the molecule is CN(CC(=O)OC(C)(C)C)C(=O)Nc1ccc(F)cc1F. The van der Waals surface area contributed by atoms with Gasteiger partial charge in [-0.05, 0) is 32.9 Å². The van der Waals surface area contributed by atoms with E-state index in [4.69, 9.17) is 4.74 Å². The number of anilines is 1. The van der Waals surface area contributed by atoms with Crippen LogP contribution in [0.2, 0.25) is 0 Å². The molecule has 1 aromatic rings. The van der Waals surface area contributed by atoms with Gasteiger partial charge < -0.3 is 15.0 Å². The first-order chi connectivity index (χ1) is 9.58. The number of urea groups is 1. The molecule has 0 aliphatic carbocycles. The predicted octanol–water partition coefficient (Wildman–Crippen LogP) is 2.77. The fraction of sp³-hybridized carbons (Fsp3) is 0.429. The lowest BCUT2D eigenvalue weighted by molar-refractivity contribution is -0.155. The maximum Gasteiger partial charge on any atom is 0.326 e. The van der Waals surface area contributed by atoms with Gasteiger partial charge in [0.15, 0.2) is 0 Å². The maximum atomic E-state index is 13.4. The van der Waals surface area contributed by atoms with E-state index in [0.717, 1.165) is 17.0 Å². The van der Waals surface area contributed by atoms with Crippen molar-refractivity contribution in [3.8, 4) is 0 Å². The fourth-order valence-corrected chi connectivity index (χ4v) is 1.44. The Kier molecular flexibility index (Phi) is 5.23. The van der Waals surface area contributed by atoms with Crippen LogP contribution < -0.4 is 5.32 Å². The van der Waals surface area contributed by atoms with Crippen molar-refractivity contribution in [3.05, 3.63) is 29.8 Å². The monoisotopic (exact) mass is 300 g/mol. The highest BCUT2D eigenvalue weighted by Crippen LogP contribution is 2.15. The quantitative estimate of drug-likeness (QED) is 0.873. The number of carbonyl (C=O) groups is 2. The first-order valence-corrected chi connectivity index (χ1v) is 6.27. The summed E-state index contributed by atoms with van der Waals surface area (Å²) in [6.45, 7) is 4.84. The molecule has 1 aromatic carbocycles. The van der Waals surface area contributed by atoms with E-state index in [1.807, 2.05) is 0 Å². The van der Waals surface area contributed by atoms with Gasteiger partial charge in [0, 0.05) is 13.1 Å². The molecule has 0 aromatic heterocycles. The van der Waals surface area contributed by atoms with Crippen LogP contribution in [0.25, 0.3) is 0 Å². The third-order valence-electron chi connectivity index (χ3n) is 2.31. The van der Waals surface area contributed by atoms with E-state index in [-0.39, 0.29) is 12.2 Å². The van der Waals surface area contributed by atoms with Crippen LogP contribution in [0.15, 0.2) is 18.2 Å². The van der Waals surface area contributed by atoms with E-state index < -0.39 is 29.2 Å². The summed E-state index contributed by atoms with van der Waals surface area (Å²) in [7, 11) is 1.36. The van der Waals surface area contributed by atoms with Crippen molar-refractivity contribution >= 4 is 17.7 Å². The van der Waals surface area contributed by atoms with Crippen LogP contribution in [0.5, 0.6) is 0 Å². The van der Waals surface area contributed by atoms with Crippen LogP contribution in [0.4, 0.5) is 19.3 Å². The second-order valence-electron chi connectivity index (χ2n) is 5.50. The van der Waals surface area contributed by atoms with Gasteiger partial charge in [0.25, 0.3) is 0 Å². The number of hydrogen-bond donors (Lipinski definition) is 1. The lowest BCUT2D eigenvalue weighted by Crippen LogP contribution is -2.38. The number of ether oxygens (including phenoxy) is 1. The number of hydrogen-bond acceptors (Lipinski definition) is 3. The molecule has 0 heterocycles. The van der Waals surface area contributed by atoms with Crippen LogP contribution in [-0.2, 0) is 9.53 Å². The fourth-order valence-electron chi connectivity index (χ4n) is 1.44. The van der Waals surface area contributed by atoms with Crippen molar-refractivity contribution in [2.24, 2.45) is 0 Å². The molecule has 1 rings (SSSR count). The van der Waals surface area contributed by atoms with Crippen LogP contribution >= 0.6 is 0 Å². The van der Waals surface area contributed by atoms with Crippen molar-refractivity contribution in [2.45, 2.75) is 26.4 Å². The largest absolute Gasteiger partial charge is 0.459 e. The maximum absolute atomic E-state index is 13.4. The van der Waals surface area contributed by atoms with Gasteiger partial charge in [-0.2, -0.15) is 0 Å². The molecule has 116 valence electrons. The van der Waals surface area contributed by atoms with Gasteiger partial charge in [0.05, 0.1) is 5.69 Å². The summed E-state index contributed by atoms with van der Waals surface area (Å²) < 4.78 is 31.2.